The number of β-amino-alcohol motifs (C(OH)–C–C–N with tert-alkyl or cyclic N) is 1. The van der Waals surface area contributed by atoms with Crippen LogP contribution >= 0.6 is 11.3 Å². The molecule has 1 aliphatic heterocycles. The molecule has 0 saturated carbocycles. The number of aliphatic hydroxyl groups is 1. The Kier molecular flexibility index (Phi) is 4.67. The summed E-state index contributed by atoms with van der Waals surface area (Å²) in [6.45, 7) is 3.95. The van der Waals surface area contributed by atoms with E-state index in [9.17, 15) is 9.90 Å². The predicted molar refractivity (Wildman–Crippen MR) is 93.8 cm³/mol. The summed E-state index contributed by atoms with van der Waals surface area (Å²) in [4.78, 5) is 21.7. The molecular weight excluding hydrogens is 326 g/mol. The van der Waals surface area contributed by atoms with E-state index in [1.54, 1.807) is 22.2 Å². The fourth-order valence-corrected chi connectivity index (χ4v) is 4.90. The standard InChI is InChI=1S/C17H23N3O3S/c21-12(9-19-5-7-23-8-6-19)10-20-11-18-16-15(17(20)22)13-3-1-2-4-14(13)24-16/h11-12,21H,1-10H2/t12-/m1/s1. The summed E-state index contributed by atoms with van der Waals surface area (Å²) in [7, 11) is 0. The van der Waals surface area contributed by atoms with Crippen molar-refractivity contribution < 1.29 is 9.84 Å². The van der Waals surface area contributed by atoms with E-state index in [4.69, 9.17) is 4.74 Å². The van der Waals surface area contributed by atoms with Crippen LogP contribution in [0, 0.1) is 0 Å². The van der Waals surface area contributed by atoms with Gasteiger partial charge in [-0.2, -0.15) is 0 Å². The second-order valence-corrected chi connectivity index (χ2v) is 7.74. The summed E-state index contributed by atoms with van der Waals surface area (Å²) in [6, 6.07) is 0. The lowest BCUT2D eigenvalue weighted by Crippen LogP contribution is -2.42. The molecule has 7 heteroatoms. The smallest absolute Gasteiger partial charge is 0.262 e. The first-order chi connectivity index (χ1) is 11.7. The molecular formula is C17H23N3O3S. The molecule has 0 spiro atoms. The molecule has 1 aliphatic carbocycles. The highest BCUT2D eigenvalue weighted by atomic mass is 32.1. The zero-order chi connectivity index (χ0) is 16.5. The number of aliphatic hydroxyl groups excluding tert-OH is 1. The minimum absolute atomic E-state index is 0.000396. The summed E-state index contributed by atoms with van der Waals surface area (Å²) >= 11 is 1.66. The second-order valence-electron chi connectivity index (χ2n) is 6.66. The number of hydrogen-bond acceptors (Lipinski definition) is 6. The summed E-state index contributed by atoms with van der Waals surface area (Å²) in [5.74, 6) is 0. The summed E-state index contributed by atoms with van der Waals surface area (Å²) in [5.41, 5.74) is 1.20. The van der Waals surface area contributed by atoms with E-state index in [0.29, 0.717) is 26.3 Å². The Labute approximate surface area is 144 Å². The summed E-state index contributed by atoms with van der Waals surface area (Å²) in [6.07, 6.45) is 5.41. The molecule has 2 aromatic rings. The van der Waals surface area contributed by atoms with Gasteiger partial charge in [0.25, 0.3) is 5.56 Å². The van der Waals surface area contributed by atoms with Crippen LogP contribution in [-0.2, 0) is 24.1 Å². The van der Waals surface area contributed by atoms with Gasteiger partial charge in [0.2, 0.25) is 0 Å². The van der Waals surface area contributed by atoms with Crippen LogP contribution in [0.5, 0.6) is 0 Å². The highest BCUT2D eigenvalue weighted by Crippen LogP contribution is 2.33. The van der Waals surface area contributed by atoms with Gasteiger partial charge in [0.1, 0.15) is 4.83 Å². The van der Waals surface area contributed by atoms with E-state index < -0.39 is 6.10 Å². The first kappa shape index (κ1) is 16.2. The molecule has 4 rings (SSSR count). The minimum atomic E-state index is -0.575. The van der Waals surface area contributed by atoms with E-state index in [-0.39, 0.29) is 5.56 Å². The van der Waals surface area contributed by atoms with Gasteiger partial charge in [-0.3, -0.25) is 14.3 Å². The van der Waals surface area contributed by atoms with Gasteiger partial charge in [0, 0.05) is 24.5 Å². The number of aromatic nitrogens is 2. The largest absolute Gasteiger partial charge is 0.390 e. The molecule has 1 fully saturated rings. The van der Waals surface area contributed by atoms with E-state index in [1.165, 1.54) is 16.9 Å². The van der Waals surface area contributed by atoms with Crippen LogP contribution in [0.25, 0.3) is 10.2 Å². The zero-order valence-corrected chi connectivity index (χ0v) is 14.6. The molecule has 0 bridgehead atoms. The third-order valence-corrected chi connectivity index (χ3v) is 6.12. The third kappa shape index (κ3) is 3.13. The molecule has 0 unspecified atom stereocenters. The van der Waals surface area contributed by atoms with Crippen molar-refractivity contribution in [2.75, 3.05) is 32.8 Å². The second kappa shape index (κ2) is 6.92. The fourth-order valence-electron chi connectivity index (χ4n) is 3.68. The normalized spacial score (nSPS) is 20.2. The van der Waals surface area contributed by atoms with E-state index in [2.05, 4.69) is 9.88 Å². The number of nitrogens with zero attached hydrogens (tertiary/aromatic N) is 3. The average molecular weight is 349 g/mol. The minimum Gasteiger partial charge on any atom is -0.390 e. The maximum atomic E-state index is 12.9. The van der Waals surface area contributed by atoms with Gasteiger partial charge in [-0.25, -0.2) is 4.98 Å². The number of aryl methyl sites for hydroxylation is 2. The fraction of sp³-hybridized carbons (Fsp3) is 0.647. The van der Waals surface area contributed by atoms with Crippen LogP contribution in [0.3, 0.4) is 0 Å². The zero-order valence-electron chi connectivity index (χ0n) is 13.7. The Balaban J connectivity index is 1.55. The van der Waals surface area contributed by atoms with Crippen molar-refractivity contribution in [2.45, 2.75) is 38.3 Å². The van der Waals surface area contributed by atoms with Crippen molar-refractivity contribution in [3.63, 3.8) is 0 Å². The van der Waals surface area contributed by atoms with Gasteiger partial charge in [-0.05, 0) is 31.2 Å². The molecule has 1 saturated heterocycles. The van der Waals surface area contributed by atoms with Gasteiger partial charge in [-0.1, -0.05) is 0 Å². The first-order valence-corrected chi connectivity index (χ1v) is 9.52. The molecule has 1 N–H and O–H groups in total. The molecule has 1 atom stereocenters. The van der Waals surface area contributed by atoms with Gasteiger partial charge in [0.05, 0.1) is 37.6 Å². The van der Waals surface area contributed by atoms with Crippen molar-refractivity contribution in [1.29, 1.82) is 0 Å². The number of fused-ring (bicyclic) bond motifs is 3. The van der Waals surface area contributed by atoms with Crippen LogP contribution in [-0.4, -0.2) is 58.5 Å². The van der Waals surface area contributed by atoms with Crippen LogP contribution in [0.15, 0.2) is 11.1 Å². The molecule has 0 amide bonds. The maximum Gasteiger partial charge on any atom is 0.262 e. The number of rotatable bonds is 4. The van der Waals surface area contributed by atoms with Gasteiger partial charge in [0.15, 0.2) is 0 Å². The van der Waals surface area contributed by atoms with E-state index >= 15 is 0 Å². The summed E-state index contributed by atoms with van der Waals surface area (Å²) < 4.78 is 6.90. The lowest BCUT2D eigenvalue weighted by molar-refractivity contribution is 0.0113. The average Bonchev–Trinajstić information content (AvgIpc) is 2.97. The van der Waals surface area contributed by atoms with Crippen molar-refractivity contribution >= 4 is 21.6 Å². The lowest BCUT2D eigenvalue weighted by Gasteiger charge is -2.28. The van der Waals surface area contributed by atoms with Gasteiger partial charge >= 0.3 is 0 Å². The molecule has 2 aromatic heterocycles. The quantitative estimate of drug-likeness (QED) is 0.893. The van der Waals surface area contributed by atoms with Crippen LogP contribution in [0.2, 0.25) is 0 Å². The van der Waals surface area contributed by atoms with E-state index in [0.717, 1.165) is 42.6 Å². The molecule has 6 nitrogen and oxygen atoms in total. The number of thiophene rings is 1. The number of morpholine rings is 1. The van der Waals surface area contributed by atoms with Crippen LogP contribution in [0.4, 0.5) is 0 Å². The van der Waals surface area contributed by atoms with Gasteiger partial charge < -0.3 is 9.84 Å². The highest BCUT2D eigenvalue weighted by Gasteiger charge is 2.21. The summed E-state index contributed by atoms with van der Waals surface area (Å²) in [5, 5.41) is 11.2. The van der Waals surface area contributed by atoms with Crippen molar-refractivity contribution in [3.8, 4) is 0 Å². The Morgan fingerprint density at radius 2 is 2.04 bits per heavy atom. The lowest BCUT2D eigenvalue weighted by atomic mass is 9.97. The van der Waals surface area contributed by atoms with Crippen molar-refractivity contribution in [1.82, 2.24) is 14.5 Å². The SMILES string of the molecule is O=c1c2c3c(sc2ncn1C[C@H](O)CN1CCOCC1)CCCC3. The molecule has 3 heterocycles. The van der Waals surface area contributed by atoms with Crippen LogP contribution < -0.4 is 5.56 Å². The Hall–Kier alpha value is -1.28. The van der Waals surface area contributed by atoms with Crippen molar-refractivity contribution in [3.05, 3.63) is 27.1 Å². The van der Waals surface area contributed by atoms with Crippen LogP contribution in [0.1, 0.15) is 23.3 Å². The monoisotopic (exact) mass is 349 g/mol. The maximum absolute atomic E-state index is 12.9. The molecule has 0 radical (unpaired) electrons. The predicted octanol–water partition coefficient (Wildman–Crippen LogP) is 1.03. The molecule has 130 valence electrons. The van der Waals surface area contributed by atoms with Crippen molar-refractivity contribution in [2.24, 2.45) is 0 Å². The molecule has 0 aromatic carbocycles. The third-order valence-electron chi connectivity index (χ3n) is 4.92. The topological polar surface area (TPSA) is 67.6 Å². The van der Waals surface area contributed by atoms with E-state index in [1.807, 2.05) is 0 Å². The van der Waals surface area contributed by atoms with Gasteiger partial charge in [-0.15, -0.1) is 11.3 Å². The molecule has 2 aliphatic rings. The Morgan fingerprint density at radius 1 is 1.25 bits per heavy atom. The Morgan fingerprint density at radius 3 is 2.88 bits per heavy atom. The highest BCUT2D eigenvalue weighted by molar-refractivity contribution is 7.18. The number of hydrogen-bond donors (Lipinski definition) is 1. The first-order valence-electron chi connectivity index (χ1n) is 8.70. The Bertz CT molecular complexity index is 779. The number of ether oxygens (including phenoxy) is 1. The molecule has 24 heavy (non-hydrogen) atoms.